The summed E-state index contributed by atoms with van der Waals surface area (Å²) in [5.41, 5.74) is 7.36. The van der Waals surface area contributed by atoms with Gasteiger partial charge in [-0.15, -0.1) is 0 Å². The number of halogens is 2. The zero-order valence-corrected chi connectivity index (χ0v) is 12.3. The Morgan fingerprint density at radius 2 is 2.18 bits per heavy atom. The number of nitrogens with zero attached hydrogens (tertiary/aromatic N) is 1. The van der Waals surface area contributed by atoms with Crippen LogP contribution >= 0.6 is 27.7 Å². The van der Waals surface area contributed by atoms with E-state index >= 15 is 0 Å². The lowest BCUT2D eigenvalue weighted by Crippen LogP contribution is -2.45. The Labute approximate surface area is 114 Å². The van der Waals surface area contributed by atoms with Crippen molar-refractivity contribution in [2.24, 2.45) is 0 Å². The molecule has 0 saturated carbocycles. The van der Waals surface area contributed by atoms with E-state index in [1.54, 1.807) is 6.07 Å². The fourth-order valence-electron chi connectivity index (χ4n) is 2.07. The molecule has 2 rings (SSSR count). The van der Waals surface area contributed by atoms with Crippen molar-refractivity contribution < 1.29 is 4.39 Å². The van der Waals surface area contributed by atoms with Crippen LogP contribution in [0.5, 0.6) is 0 Å². The third kappa shape index (κ3) is 2.55. The highest BCUT2D eigenvalue weighted by molar-refractivity contribution is 9.10. The van der Waals surface area contributed by atoms with Crippen LogP contribution in [0.4, 0.5) is 15.8 Å². The quantitative estimate of drug-likeness (QED) is 0.803. The highest BCUT2D eigenvalue weighted by Crippen LogP contribution is 2.35. The Hall–Kier alpha value is -0.420. The third-order valence-corrected chi connectivity index (χ3v) is 5.21. The van der Waals surface area contributed by atoms with E-state index in [4.69, 9.17) is 5.73 Å². The maximum Gasteiger partial charge on any atom is 0.139 e. The molecular formula is C12H16BrFN2S. The van der Waals surface area contributed by atoms with E-state index in [9.17, 15) is 4.39 Å². The van der Waals surface area contributed by atoms with Gasteiger partial charge in [0.2, 0.25) is 0 Å². The van der Waals surface area contributed by atoms with Crippen LogP contribution in [0.15, 0.2) is 16.6 Å². The van der Waals surface area contributed by atoms with Gasteiger partial charge in [0.15, 0.2) is 0 Å². The first-order chi connectivity index (χ1) is 8.00. The van der Waals surface area contributed by atoms with Crippen LogP contribution in [-0.4, -0.2) is 23.6 Å². The average molecular weight is 319 g/mol. The van der Waals surface area contributed by atoms with Crippen LogP contribution in [0, 0.1) is 5.82 Å². The Balaban J connectivity index is 2.36. The molecule has 1 aliphatic rings. The topological polar surface area (TPSA) is 29.3 Å². The van der Waals surface area contributed by atoms with Crippen LogP contribution in [-0.2, 0) is 0 Å². The van der Waals surface area contributed by atoms with E-state index in [0.717, 1.165) is 18.0 Å². The largest absolute Gasteiger partial charge is 0.397 e. The summed E-state index contributed by atoms with van der Waals surface area (Å²) in [5, 5.41) is 0.562. The summed E-state index contributed by atoms with van der Waals surface area (Å²) in [7, 11) is 0. The highest BCUT2D eigenvalue weighted by Gasteiger charge is 2.27. The van der Waals surface area contributed by atoms with E-state index in [1.807, 2.05) is 11.8 Å². The minimum Gasteiger partial charge on any atom is -0.397 e. The Morgan fingerprint density at radius 1 is 1.47 bits per heavy atom. The van der Waals surface area contributed by atoms with Crippen LogP contribution in [0.2, 0.25) is 0 Å². The number of nitrogens with two attached hydrogens (primary N) is 1. The van der Waals surface area contributed by atoms with Gasteiger partial charge in [-0.3, -0.25) is 0 Å². The van der Waals surface area contributed by atoms with E-state index in [-0.39, 0.29) is 5.82 Å². The number of anilines is 2. The van der Waals surface area contributed by atoms with Gasteiger partial charge >= 0.3 is 0 Å². The number of hydrogen-bond acceptors (Lipinski definition) is 3. The van der Waals surface area contributed by atoms with Crippen molar-refractivity contribution in [2.75, 3.05) is 22.9 Å². The van der Waals surface area contributed by atoms with Gasteiger partial charge in [-0.25, -0.2) is 4.39 Å². The molecule has 0 aromatic heterocycles. The second kappa shape index (κ2) is 5.06. The van der Waals surface area contributed by atoms with Crippen molar-refractivity contribution in [1.29, 1.82) is 0 Å². The van der Waals surface area contributed by atoms with E-state index in [0.29, 0.717) is 21.5 Å². The molecule has 1 aromatic carbocycles. The minimum atomic E-state index is -0.307. The lowest BCUT2D eigenvalue weighted by molar-refractivity contribution is 0.614. The second-order valence-corrected chi connectivity index (χ2v) is 6.67. The lowest BCUT2D eigenvalue weighted by atomic mass is 10.1. The van der Waals surface area contributed by atoms with Crippen LogP contribution in [0.3, 0.4) is 0 Å². The summed E-state index contributed by atoms with van der Waals surface area (Å²) in [6.07, 6.45) is 0. The summed E-state index contributed by atoms with van der Waals surface area (Å²) in [6.45, 7) is 5.36. The van der Waals surface area contributed by atoms with E-state index in [1.165, 1.54) is 6.07 Å². The van der Waals surface area contributed by atoms with Crippen molar-refractivity contribution in [2.45, 2.75) is 25.1 Å². The SMILES string of the molecule is CC1SCCN(c2cc(Br)c(F)cc2N)C1C. The van der Waals surface area contributed by atoms with E-state index in [2.05, 4.69) is 34.7 Å². The fourth-order valence-corrected chi connectivity index (χ4v) is 3.50. The molecule has 5 heteroatoms. The fraction of sp³-hybridized carbons (Fsp3) is 0.500. The Kier molecular flexibility index (Phi) is 3.88. The summed E-state index contributed by atoms with van der Waals surface area (Å²) >= 11 is 5.19. The summed E-state index contributed by atoms with van der Waals surface area (Å²) in [4.78, 5) is 2.26. The molecule has 1 aliphatic heterocycles. The molecule has 2 atom stereocenters. The van der Waals surface area contributed by atoms with Gasteiger partial charge in [0, 0.05) is 29.7 Å². The molecule has 1 fully saturated rings. The minimum absolute atomic E-state index is 0.307. The molecule has 0 amide bonds. The summed E-state index contributed by atoms with van der Waals surface area (Å²) in [5.74, 6) is 0.776. The summed E-state index contributed by atoms with van der Waals surface area (Å²) in [6, 6.07) is 3.58. The Bertz CT molecular complexity index is 427. The number of rotatable bonds is 1. The molecule has 2 nitrogen and oxygen atoms in total. The predicted molar refractivity (Wildman–Crippen MR) is 77.2 cm³/mol. The van der Waals surface area contributed by atoms with Crippen molar-refractivity contribution in [1.82, 2.24) is 0 Å². The van der Waals surface area contributed by atoms with Gasteiger partial charge in [0.05, 0.1) is 15.8 Å². The smallest absolute Gasteiger partial charge is 0.139 e. The number of thioether (sulfide) groups is 1. The average Bonchev–Trinajstić information content (AvgIpc) is 2.28. The van der Waals surface area contributed by atoms with Gasteiger partial charge in [-0.05, 0) is 28.9 Å². The first kappa shape index (κ1) is 13.0. The molecule has 0 bridgehead atoms. The molecule has 1 aromatic rings. The number of benzene rings is 1. The van der Waals surface area contributed by atoms with Gasteiger partial charge in [0.25, 0.3) is 0 Å². The van der Waals surface area contributed by atoms with Crippen molar-refractivity contribution in [3.8, 4) is 0 Å². The van der Waals surface area contributed by atoms with Crippen molar-refractivity contribution >= 4 is 39.1 Å². The van der Waals surface area contributed by atoms with Gasteiger partial charge in [-0.2, -0.15) is 11.8 Å². The zero-order valence-electron chi connectivity index (χ0n) is 9.91. The molecular weight excluding hydrogens is 303 g/mol. The lowest BCUT2D eigenvalue weighted by Gasteiger charge is -2.39. The zero-order chi connectivity index (χ0) is 12.6. The molecule has 0 spiro atoms. The normalized spacial score (nSPS) is 25.1. The molecule has 0 aliphatic carbocycles. The molecule has 2 N–H and O–H groups in total. The highest BCUT2D eigenvalue weighted by atomic mass is 79.9. The van der Waals surface area contributed by atoms with Crippen molar-refractivity contribution in [3.63, 3.8) is 0 Å². The maximum atomic E-state index is 13.4. The maximum absolute atomic E-state index is 13.4. The van der Waals surface area contributed by atoms with Crippen LogP contribution in [0.1, 0.15) is 13.8 Å². The molecule has 0 radical (unpaired) electrons. The van der Waals surface area contributed by atoms with Gasteiger partial charge < -0.3 is 10.6 Å². The molecule has 1 saturated heterocycles. The Morgan fingerprint density at radius 3 is 2.88 bits per heavy atom. The summed E-state index contributed by atoms with van der Waals surface area (Å²) < 4.78 is 13.8. The third-order valence-electron chi connectivity index (χ3n) is 3.26. The molecule has 1 heterocycles. The van der Waals surface area contributed by atoms with Crippen LogP contribution in [0.25, 0.3) is 0 Å². The van der Waals surface area contributed by atoms with Crippen molar-refractivity contribution in [3.05, 3.63) is 22.4 Å². The molecule has 17 heavy (non-hydrogen) atoms. The first-order valence-electron chi connectivity index (χ1n) is 5.63. The second-order valence-electron chi connectivity index (χ2n) is 4.34. The van der Waals surface area contributed by atoms with Gasteiger partial charge in [0.1, 0.15) is 5.82 Å². The standard InChI is InChI=1S/C12H16BrFN2S/c1-7-8(2)17-4-3-16(7)12-5-9(13)10(14)6-11(12)15/h5-8H,3-4,15H2,1-2H3. The molecule has 2 unspecified atom stereocenters. The van der Waals surface area contributed by atoms with Gasteiger partial charge in [-0.1, -0.05) is 6.92 Å². The number of nitrogen functional groups attached to an aromatic ring is 1. The monoisotopic (exact) mass is 318 g/mol. The molecule has 94 valence electrons. The predicted octanol–water partition coefficient (Wildman–Crippen LogP) is 3.50. The van der Waals surface area contributed by atoms with E-state index < -0.39 is 0 Å². The van der Waals surface area contributed by atoms with Crippen LogP contribution < -0.4 is 10.6 Å². The number of hydrogen-bond donors (Lipinski definition) is 1. The first-order valence-corrected chi connectivity index (χ1v) is 7.47.